The number of H-pyrrole nitrogens is 1. The number of anilines is 1. The first-order valence-electron chi connectivity index (χ1n) is 8.49. The van der Waals surface area contributed by atoms with E-state index in [0.717, 1.165) is 25.4 Å². The minimum absolute atomic E-state index is 0.622. The van der Waals surface area contributed by atoms with Gasteiger partial charge in [0.15, 0.2) is 0 Å². The van der Waals surface area contributed by atoms with Crippen LogP contribution in [0.5, 0.6) is 0 Å². The van der Waals surface area contributed by atoms with Gasteiger partial charge in [-0.2, -0.15) is 0 Å². The number of nitrogens with one attached hydrogen (secondary N) is 1. The van der Waals surface area contributed by atoms with Crippen LogP contribution >= 0.6 is 31.9 Å². The van der Waals surface area contributed by atoms with E-state index in [-0.39, 0.29) is 0 Å². The van der Waals surface area contributed by atoms with Crippen LogP contribution in [0.3, 0.4) is 0 Å². The molecule has 7 nitrogen and oxygen atoms in total. The molecule has 1 atom stereocenters. The van der Waals surface area contributed by atoms with E-state index >= 15 is 0 Å². The molecule has 0 amide bonds. The molecule has 1 saturated heterocycles. The van der Waals surface area contributed by atoms with E-state index in [1.807, 2.05) is 23.1 Å². The summed E-state index contributed by atoms with van der Waals surface area (Å²) in [7, 11) is 0. The number of fused-ring (bicyclic) bond motifs is 1. The zero-order valence-corrected chi connectivity index (χ0v) is 17.4. The second kappa shape index (κ2) is 7.57. The van der Waals surface area contributed by atoms with Gasteiger partial charge in [0.1, 0.15) is 6.04 Å². The van der Waals surface area contributed by atoms with Crippen LogP contribution < -0.4 is 4.90 Å². The van der Waals surface area contributed by atoms with Gasteiger partial charge in [0, 0.05) is 65.7 Å². The van der Waals surface area contributed by atoms with Gasteiger partial charge in [-0.15, -0.1) is 0 Å². The third-order valence-corrected chi connectivity index (χ3v) is 5.68. The molecule has 2 aromatic heterocycles. The monoisotopic (exact) mass is 493 g/mol. The van der Waals surface area contributed by atoms with Gasteiger partial charge in [-0.05, 0) is 34.1 Å². The zero-order chi connectivity index (χ0) is 19.0. The summed E-state index contributed by atoms with van der Waals surface area (Å²) in [5.41, 5.74) is 1.72. The summed E-state index contributed by atoms with van der Waals surface area (Å²) in [6, 6.07) is 5.16. The number of piperazine rings is 1. The SMILES string of the molecule is O=C(O)[C@H](c1c[nH]c2ccc(Br)cc12)N1CCN(c2ncc(Br)cn2)CC1. The standard InChI is InChI=1S/C18H17Br2N5O2/c19-11-1-2-15-13(7-11)14(10-21-15)16(17(26)27)24-3-5-25(6-4-24)18-22-8-12(20)9-23-18/h1-2,7-10,16,21H,3-6H2,(H,26,27)/t16-/m0/s1. The highest BCUT2D eigenvalue weighted by molar-refractivity contribution is 9.10. The largest absolute Gasteiger partial charge is 0.480 e. The van der Waals surface area contributed by atoms with Crippen LogP contribution in [0, 0.1) is 0 Å². The Hall–Kier alpha value is -1.97. The van der Waals surface area contributed by atoms with Crippen LogP contribution in [0.2, 0.25) is 0 Å². The maximum atomic E-state index is 12.1. The van der Waals surface area contributed by atoms with Crippen molar-refractivity contribution in [3.63, 3.8) is 0 Å². The minimum atomic E-state index is -0.843. The fourth-order valence-electron chi connectivity index (χ4n) is 3.48. The van der Waals surface area contributed by atoms with E-state index in [1.165, 1.54) is 0 Å². The number of aromatic nitrogens is 3. The lowest BCUT2D eigenvalue weighted by Crippen LogP contribution is -2.49. The van der Waals surface area contributed by atoms with E-state index in [2.05, 4.69) is 51.7 Å². The maximum Gasteiger partial charge on any atom is 0.325 e. The Morgan fingerprint density at radius 1 is 1.11 bits per heavy atom. The van der Waals surface area contributed by atoms with E-state index in [1.54, 1.807) is 18.6 Å². The number of hydrogen-bond acceptors (Lipinski definition) is 5. The third kappa shape index (κ3) is 3.71. The van der Waals surface area contributed by atoms with Crippen LogP contribution in [0.4, 0.5) is 5.95 Å². The number of carbonyl (C=O) groups is 1. The van der Waals surface area contributed by atoms with E-state index in [0.29, 0.717) is 32.1 Å². The molecule has 0 spiro atoms. The molecule has 3 aromatic rings. The highest BCUT2D eigenvalue weighted by atomic mass is 79.9. The van der Waals surface area contributed by atoms with E-state index < -0.39 is 12.0 Å². The van der Waals surface area contributed by atoms with Crippen molar-refractivity contribution in [3.05, 3.63) is 51.3 Å². The molecule has 0 unspecified atom stereocenters. The number of aromatic amines is 1. The summed E-state index contributed by atoms with van der Waals surface area (Å²) in [5, 5.41) is 10.9. The molecule has 1 aliphatic rings. The molecule has 0 aliphatic carbocycles. The van der Waals surface area contributed by atoms with Crippen LogP contribution in [-0.4, -0.2) is 57.1 Å². The molecule has 27 heavy (non-hydrogen) atoms. The second-order valence-electron chi connectivity index (χ2n) is 6.40. The number of hydrogen-bond donors (Lipinski definition) is 2. The number of carboxylic acids is 1. The minimum Gasteiger partial charge on any atom is -0.480 e. The molecule has 0 bridgehead atoms. The third-order valence-electron chi connectivity index (χ3n) is 4.77. The summed E-state index contributed by atoms with van der Waals surface area (Å²) in [6.07, 6.45) is 5.25. The summed E-state index contributed by atoms with van der Waals surface area (Å²) in [5.74, 6) is -0.176. The van der Waals surface area contributed by atoms with Crippen molar-refractivity contribution in [2.24, 2.45) is 0 Å². The smallest absolute Gasteiger partial charge is 0.325 e. The van der Waals surface area contributed by atoms with Gasteiger partial charge in [0.25, 0.3) is 0 Å². The molecule has 9 heteroatoms. The van der Waals surface area contributed by atoms with Crippen LogP contribution in [0.15, 0.2) is 45.7 Å². The first-order valence-corrected chi connectivity index (χ1v) is 10.1. The van der Waals surface area contributed by atoms with Crippen LogP contribution in [0.1, 0.15) is 11.6 Å². The number of halogens is 2. The summed E-state index contributed by atoms with van der Waals surface area (Å²) >= 11 is 6.81. The number of aliphatic carboxylic acids is 1. The summed E-state index contributed by atoms with van der Waals surface area (Å²) < 4.78 is 1.76. The molecule has 1 fully saturated rings. The Labute approximate surface area is 172 Å². The van der Waals surface area contributed by atoms with Crippen molar-refractivity contribution in [1.29, 1.82) is 0 Å². The van der Waals surface area contributed by atoms with Gasteiger partial charge >= 0.3 is 5.97 Å². The lowest BCUT2D eigenvalue weighted by molar-refractivity contribution is -0.143. The van der Waals surface area contributed by atoms with Gasteiger partial charge in [-0.3, -0.25) is 9.69 Å². The normalized spacial score (nSPS) is 16.6. The zero-order valence-electron chi connectivity index (χ0n) is 14.3. The lowest BCUT2D eigenvalue weighted by Gasteiger charge is -2.37. The van der Waals surface area contributed by atoms with E-state index in [9.17, 15) is 9.90 Å². The molecular weight excluding hydrogens is 478 g/mol. The molecule has 0 saturated carbocycles. The highest BCUT2D eigenvalue weighted by Gasteiger charge is 2.32. The predicted octanol–water partition coefficient (Wildman–Crippen LogP) is 3.43. The summed E-state index contributed by atoms with van der Waals surface area (Å²) in [6.45, 7) is 2.60. The molecule has 1 aromatic carbocycles. The molecule has 140 valence electrons. The van der Waals surface area contributed by atoms with Gasteiger partial charge in [0.05, 0.1) is 4.47 Å². The van der Waals surface area contributed by atoms with Gasteiger partial charge < -0.3 is 15.0 Å². The lowest BCUT2D eigenvalue weighted by atomic mass is 10.0. The molecule has 0 radical (unpaired) electrons. The maximum absolute atomic E-state index is 12.1. The molecular formula is C18H17Br2N5O2. The van der Waals surface area contributed by atoms with Crippen molar-refractivity contribution in [2.45, 2.75) is 6.04 Å². The summed E-state index contributed by atoms with van der Waals surface area (Å²) in [4.78, 5) is 28.0. The highest BCUT2D eigenvalue weighted by Crippen LogP contribution is 2.31. The first kappa shape index (κ1) is 18.4. The van der Waals surface area contributed by atoms with Gasteiger partial charge in [-0.1, -0.05) is 15.9 Å². The number of rotatable bonds is 4. The van der Waals surface area contributed by atoms with E-state index in [4.69, 9.17) is 0 Å². The van der Waals surface area contributed by atoms with Gasteiger partial charge in [0.2, 0.25) is 5.95 Å². The predicted molar refractivity (Wildman–Crippen MR) is 110 cm³/mol. The molecule has 1 aliphatic heterocycles. The Kier molecular flexibility index (Phi) is 5.16. The van der Waals surface area contributed by atoms with Gasteiger partial charge in [-0.25, -0.2) is 9.97 Å². The Morgan fingerprint density at radius 2 is 1.81 bits per heavy atom. The molecule has 3 heterocycles. The average Bonchev–Trinajstić information content (AvgIpc) is 3.06. The fraction of sp³-hybridized carbons (Fsp3) is 0.278. The van der Waals surface area contributed by atoms with Crippen LogP contribution in [0.25, 0.3) is 10.9 Å². The average molecular weight is 495 g/mol. The van der Waals surface area contributed by atoms with Crippen molar-refractivity contribution >= 4 is 54.7 Å². The number of nitrogens with zero attached hydrogens (tertiary/aromatic N) is 4. The Morgan fingerprint density at radius 3 is 2.48 bits per heavy atom. The van der Waals surface area contributed by atoms with Crippen molar-refractivity contribution in [2.75, 3.05) is 31.1 Å². The second-order valence-corrected chi connectivity index (χ2v) is 8.23. The van der Waals surface area contributed by atoms with Crippen molar-refractivity contribution in [3.8, 4) is 0 Å². The quantitative estimate of drug-likeness (QED) is 0.578. The van der Waals surface area contributed by atoms with Crippen molar-refractivity contribution in [1.82, 2.24) is 19.9 Å². The molecule has 2 N–H and O–H groups in total. The Bertz CT molecular complexity index is 968. The molecule has 4 rings (SSSR count). The topological polar surface area (TPSA) is 85.4 Å². The van der Waals surface area contributed by atoms with Crippen molar-refractivity contribution < 1.29 is 9.90 Å². The Balaban J connectivity index is 1.56. The first-order chi connectivity index (χ1) is 13.0. The van der Waals surface area contributed by atoms with Crippen LogP contribution in [-0.2, 0) is 4.79 Å². The number of carboxylic acid groups (broad SMARTS) is 1. The number of benzene rings is 1. The fourth-order valence-corrected chi connectivity index (χ4v) is 4.04.